The highest BCUT2D eigenvalue weighted by Crippen LogP contribution is 2.19. The maximum atomic E-state index is 14.3. The number of carboxylic acid groups (broad SMARTS) is 1. The van der Waals surface area contributed by atoms with E-state index >= 15 is 0 Å². The number of anilines is 1. The molecule has 0 bridgehead atoms. The molecule has 0 atom stereocenters. The molecule has 1 fully saturated rings. The minimum absolute atomic E-state index is 0.0555. The third kappa shape index (κ3) is 9.06. The number of hydrogen-bond acceptors (Lipinski definition) is 6. The molecule has 3 amide bonds. The van der Waals surface area contributed by atoms with Crippen LogP contribution < -0.4 is 21.1 Å². The molecule has 3 rings (SSSR count). The molecular formula is C25H34FN5O5. The highest BCUT2D eigenvalue weighted by Gasteiger charge is 2.23. The van der Waals surface area contributed by atoms with Crippen LogP contribution in [-0.2, 0) is 17.8 Å². The van der Waals surface area contributed by atoms with Gasteiger partial charge in [-0.1, -0.05) is 18.2 Å². The van der Waals surface area contributed by atoms with Gasteiger partial charge >= 0.3 is 12.1 Å². The van der Waals surface area contributed by atoms with Crippen molar-refractivity contribution in [1.29, 1.82) is 0 Å². The second-order valence-corrected chi connectivity index (χ2v) is 8.42. The zero-order valence-corrected chi connectivity index (χ0v) is 20.6. The Hall–Kier alpha value is -3.86. The van der Waals surface area contributed by atoms with Gasteiger partial charge in [0.15, 0.2) is 0 Å². The number of carbonyl (C=O) groups excluding carboxylic acids is 2. The van der Waals surface area contributed by atoms with E-state index in [0.717, 1.165) is 31.0 Å². The van der Waals surface area contributed by atoms with E-state index in [1.165, 1.54) is 22.6 Å². The maximum Gasteiger partial charge on any atom is 0.414 e. The molecule has 0 spiro atoms. The quantitative estimate of drug-likeness (QED) is 0.426. The Bertz CT molecular complexity index is 995. The lowest BCUT2D eigenvalue weighted by Gasteiger charge is -2.33. The van der Waals surface area contributed by atoms with Gasteiger partial charge in [0.1, 0.15) is 11.6 Å². The van der Waals surface area contributed by atoms with Crippen molar-refractivity contribution in [2.75, 3.05) is 39.0 Å². The van der Waals surface area contributed by atoms with Gasteiger partial charge in [-0.05, 0) is 49.6 Å². The van der Waals surface area contributed by atoms with Crippen LogP contribution in [0.2, 0.25) is 0 Å². The lowest BCUT2D eigenvalue weighted by Crippen LogP contribution is -2.46. The van der Waals surface area contributed by atoms with E-state index in [-0.39, 0.29) is 24.8 Å². The van der Waals surface area contributed by atoms with Gasteiger partial charge in [-0.3, -0.25) is 4.79 Å². The van der Waals surface area contributed by atoms with Crippen LogP contribution in [0.25, 0.3) is 0 Å². The highest BCUT2D eigenvalue weighted by atomic mass is 19.1. The Kier molecular flexibility index (Phi) is 11.4. The first-order valence-corrected chi connectivity index (χ1v) is 11.6. The van der Waals surface area contributed by atoms with Crippen molar-refractivity contribution in [1.82, 2.24) is 15.1 Å². The number of amides is 3. The van der Waals surface area contributed by atoms with E-state index in [1.54, 1.807) is 19.0 Å². The predicted octanol–water partition coefficient (Wildman–Crippen LogP) is 2.87. The number of nitrogens with one attached hydrogen (secondary N) is 2. The Morgan fingerprint density at radius 3 is 2.39 bits per heavy atom. The van der Waals surface area contributed by atoms with E-state index in [2.05, 4.69) is 34.9 Å². The first-order chi connectivity index (χ1) is 17.3. The summed E-state index contributed by atoms with van der Waals surface area (Å²) in [6.07, 6.45) is 1.94. The molecule has 0 radical (unpaired) electrons. The first kappa shape index (κ1) is 28.4. The molecule has 1 saturated heterocycles. The van der Waals surface area contributed by atoms with E-state index in [4.69, 9.17) is 20.4 Å². The maximum absolute atomic E-state index is 14.3. The Labute approximate surface area is 210 Å². The topological polar surface area (TPSA) is 137 Å². The summed E-state index contributed by atoms with van der Waals surface area (Å²) in [5.74, 6) is -0.426. The number of likely N-dealkylation sites (tertiary alicyclic amines) is 1. The summed E-state index contributed by atoms with van der Waals surface area (Å²) in [5, 5.41) is 13.2. The number of hydrogen-bond donors (Lipinski definition) is 4. The van der Waals surface area contributed by atoms with Crippen molar-refractivity contribution in [3.8, 4) is 5.75 Å². The second kappa shape index (κ2) is 14.5. The lowest BCUT2D eigenvalue weighted by molar-refractivity contribution is -0.122. The van der Waals surface area contributed by atoms with E-state index in [1.807, 2.05) is 0 Å². The third-order valence-corrected chi connectivity index (χ3v) is 5.56. The molecule has 196 valence electrons. The van der Waals surface area contributed by atoms with Gasteiger partial charge in [-0.25, -0.2) is 14.0 Å². The van der Waals surface area contributed by atoms with Crippen molar-refractivity contribution < 1.29 is 28.6 Å². The van der Waals surface area contributed by atoms with Crippen LogP contribution >= 0.6 is 0 Å². The lowest BCUT2D eigenvalue weighted by atomic mass is 10.0. The fourth-order valence-electron chi connectivity index (χ4n) is 3.61. The number of piperidine rings is 1. The molecule has 1 heterocycles. The number of ether oxygens (including phenoxy) is 1. The van der Waals surface area contributed by atoms with Crippen LogP contribution in [0.3, 0.4) is 0 Å². The minimum atomic E-state index is -0.586. The monoisotopic (exact) mass is 503 g/mol. The average Bonchev–Trinajstić information content (AvgIpc) is 2.85. The Balaban J connectivity index is 0.00000145. The molecule has 5 N–H and O–H groups in total. The van der Waals surface area contributed by atoms with Gasteiger partial charge in [0.05, 0.1) is 0 Å². The number of benzene rings is 2. The summed E-state index contributed by atoms with van der Waals surface area (Å²) in [6.45, 7) is 1.69. The van der Waals surface area contributed by atoms with Crippen LogP contribution in [-0.4, -0.2) is 73.3 Å². The molecule has 2 aromatic carbocycles. The van der Waals surface area contributed by atoms with Crippen LogP contribution in [0.1, 0.15) is 24.0 Å². The number of halogens is 1. The summed E-state index contributed by atoms with van der Waals surface area (Å²) in [7, 11) is 3.09. The molecule has 1 aliphatic heterocycles. The fourth-order valence-corrected chi connectivity index (χ4v) is 3.61. The van der Waals surface area contributed by atoms with Crippen LogP contribution in [0, 0.1) is 5.82 Å². The van der Waals surface area contributed by atoms with Gasteiger partial charge in [0.25, 0.3) is 6.47 Å². The summed E-state index contributed by atoms with van der Waals surface area (Å²) in [6, 6.07) is 12.5. The van der Waals surface area contributed by atoms with Gasteiger partial charge < -0.3 is 36.0 Å². The Morgan fingerprint density at radius 1 is 1.19 bits per heavy atom. The standard InChI is InChI=1S/C24H32FN5O3.CH2O2/c1-29(2)24(32)33-21-8-5-18(22(25)15-21)16-27-23(31)30-13-10-20(11-14-30)28-19-6-3-17(4-7-19)9-12-26;2-1-3/h3-8,15,20,28H,9-14,16,26H2,1-2H3,(H,27,31);1H,(H,2,3). The van der Waals surface area contributed by atoms with Gasteiger partial charge in [0.2, 0.25) is 0 Å². The molecule has 1 aliphatic rings. The molecule has 36 heavy (non-hydrogen) atoms. The summed E-state index contributed by atoms with van der Waals surface area (Å²) in [5.41, 5.74) is 8.19. The Morgan fingerprint density at radius 2 is 1.83 bits per heavy atom. The molecular weight excluding hydrogens is 469 g/mol. The number of rotatable bonds is 7. The normalized spacial score (nSPS) is 13.2. The predicted molar refractivity (Wildman–Crippen MR) is 134 cm³/mol. The number of carbonyl (C=O) groups is 3. The fraction of sp³-hybridized carbons (Fsp3) is 0.400. The molecule has 2 aromatic rings. The number of urea groups is 1. The summed E-state index contributed by atoms with van der Waals surface area (Å²) < 4.78 is 19.4. The summed E-state index contributed by atoms with van der Waals surface area (Å²) in [4.78, 5) is 35.5. The van der Waals surface area contributed by atoms with E-state index in [9.17, 15) is 14.0 Å². The number of nitrogens with zero attached hydrogens (tertiary/aromatic N) is 2. The number of nitrogens with two attached hydrogens (primary N) is 1. The van der Waals surface area contributed by atoms with E-state index < -0.39 is 11.9 Å². The summed E-state index contributed by atoms with van der Waals surface area (Å²) >= 11 is 0. The third-order valence-electron chi connectivity index (χ3n) is 5.56. The minimum Gasteiger partial charge on any atom is -0.483 e. The molecule has 0 saturated carbocycles. The zero-order valence-electron chi connectivity index (χ0n) is 20.6. The SMILES string of the molecule is CN(C)C(=O)Oc1ccc(CNC(=O)N2CCC(Nc3ccc(CCN)cc3)CC2)c(F)c1.O=CO. The first-order valence-electron chi connectivity index (χ1n) is 11.6. The van der Waals surface area contributed by atoms with E-state index in [0.29, 0.717) is 31.2 Å². The highest BCUT2D eigenvalue weighted by molar-refractivity contribution is 5.74. The van der Waals surface area contributed by atoms with Crippen LogP contribution in [0.5, 0.6) is 5.75 Å². The smallest absolute Gasteiger partial charge is 0.414 e. The molecule has 0 aromatic heterocycles. The molecule has 0 aliphatic carbocycles. The van der Waals surface area contributed by atoms with Gasteiger partial charge in [-0.15, -0.1) is 0 Å². The second-order valence-electron chi connectivity index (χ2n) is 8.42. The van der Waals surface area contributed by atoms with Crippen molar-refractivity contribution in [3.63, 3.8) is 0 Å². The van der Waals surface area contributed by atoms with Crippen molar-refractivity contribution in [2.24, 2.45) is 5.73 Å². The van der Waals surface area contributed by atoms with Crippen LogP contribution in [0.15, 0.2) is 42.5 Å². The molecule has 10 nitrogen and oxygen atoms in total. The van der Waals surface area contributed by atoms with Crippen molar-refractivity contribution in [2.45, 2.75) is 31.8 Å². The van der Waals surface area contributed by atoms with Crippen molar-refractivity contribution in [3.05, 3.63) is 59.4 Å². The largest absolute Gasteiger partial charge is 0.483 e. The van der Waals surface area contributed by atoms with Gasteiger partial charge in [-0.2, -0.15) is 0 Å². The molecule has 0 unspecified atom stereocenters. The van der Waals surface area contributed by atoms with Crippen molar-refractivity contribution >= 4 is 24.3 Å². The van der Waals surface area contributed by atoms with Crippen LogP contribution in [0.4, 0.5) is 19.7 Å². The molecule has 11 heteroatoms. The average molecular weight is 504 g/mol. The van der Waals surface area contributed by atoms with Gasteiger partial charge in [0, 0.05) is 57.1 Å². The zero-order chi connectivity index (χ0) is 26.5.